The van der Waals surface area contributed by atoms with Crippen molar-refractivity contribution in [2.75, 3.05) is 0 Å². The van der Waals surface area contributed by atoms with Crippen molar-refractivity contribution in [2.24, 2.45) is 0 Å². The second-order valence-electron chi connectivity index (χ2n) is 13.1. The van der Waals surface area contributed by atoms with Crippen LogP contribution < -0.4 is 0 Å². The smallest absolute Gasteiger partial charge is 0.0541 e. The van der Waals surface area contributed by atoms with Crippen LogP contribution in [0.25, 0.3) is 72.1 Å². The fourth-order valence-corrected chi connectivity index (χ4v) is 8.32. The van der Waals surface area contributed by atoms with Crippen LogP contribution in [0, 0.1) is 0 Å². The van der Waals surface area contributed by atoms with Crippen molar-refractivity contribution in [3.8, 4) is 22.5 Å². The van der Waals surface area contributed by atoms with Gasteiger partial charge in [-0.25, -0.2) is 0 Å². The van der Waals surface area contributed by atoms with E-state index in [1.807, 2.05) is 0 Å². The molecule has 2 nitrogen and oxygen atoms in total. The SMILES string of the molecule is C1=Cc2ccc(-n3c4c(c5cc(-c6ccc7c(c6)c6ccccc6n7-c6ccc7ccccc7c6)ccc53)CCCC4)cc2CC1. The number of hydrogen-bond donors (Lipinski definition) is 0. The van der Waals surface area contributed by atoms with Gasteiger partial charge in [-0.15, -0.1) is 0 Å². The normalized spacial score (nSPS) is 14.3. The largest absolute Gasteiger partial charge is 0.313 e. The molecule has 0 unspecified atom stereocenters. The lowest BCUT2D eigenvalue weighted by Gasteiger charge is -2.18. The van der Waals surface area contributed by atoms with Gasteiger partial charge in [0.15, 0.2) is 0 Å². The van der Waals surface area contributed by atoms with Crippen molar-refractivity contribution in [1.29, 1.82) is 0 Å². The van der Waals surface area contributed by atoms with Crippen LogP contribution in [0.5, 0.6) is 0 Å². The molecule has 0 N–H and O–H groups in total. The maximum Gasteiger partial charge on any atom is 0.0541 e. The Hall–Kier alpha value is -5.34. The number of nitrogens with zero attached hydrogens (tertiary/aromatic N) is 2. The van der Waals surface area contributed by atoms with E-state index in [0.717, 1.165) is 25.7 Å². The molecule has 2 heterocycles. The van der Waals surface area contributed by atoms with Gasteiger partial charge in [-0.05, 0) is 132 Å². The van der Waals surface area contributed by atoms with Crippen LogP contribution >= 0.6 is 0 Å². The second-order valence-corrected chi connectivity index (χ2v) is 13.1. The van der Waals surface area contributed by atoms with E-state index in [4.69, 9.17) is 0 Å². The van der Waals surface area contributed by atoms with E-state index in [9.17, 15) is 0 Å². The number of para-hydroxylation sites is 1. The maximum absolute atomic E-state index is 2.58. The highest BCUT2D eigenvalue weighted by Crippen LogP contribution is 2.40. The number of fused-ring (bicyclic) bond motifs is 8. The predicted molar refractivity (Wildman–Crippen MR) is 195 cm³/mol. The highest BCUT2D eigenvalue weighted by molar-refractivity contribution is 6.11. The van der Waals surface area contributed by atoms with E-state index in [0.29, 0.717) is 0 Å². The van der Waals surface area contributed by atoms with Crippen molar-refractivity contribution in [3.63, 3.8) is 0 Å². The van der Waals surface area contributed by atoms with Gasteiger partial charge in [-0.3, -0.25) is 0 Å². The molecule has 10 rings (SSSR count). The molecule has 2 heteroatoms. The van der Waals surface area contributed by atoms with Crippen LogP contribution in [0.3, 0.4) is 0 Å². The topological polar surface area (TPSA) is 9.86 Å². The molecule has 0 spiro atoms. The Bertz CT molecular complexity index is 2540. The summed E-state index contributed by atoms with van der Waals surface area (Å²) in [6.07, 6.45) is 11.7. The van der Waals surface area contributed by atoms with Gasteiger partial charge in [0, 0.05) is 33.2 Å². The Balaban J connectivity index is 1.14. The van der Waals surface area contributed by atoms with Crippen LogP contribution in [0.2, 0.25) is 0 Å². The zero-order valence-corrected chi connectivity index (χ0v) is 25.8. The molecule has 0 bridgehead atoms. The van der Waals surface area contributed by atoms with E-state index >= 15 is 0 Å². The van der Waals surface area contributed by atoms with Gasteiger partial charge in [-0.1, -0.05) is 78.9 Å². The highest BCUT2D eigenvalue weighted by Gasteiger charge is 2.22. The standard InChI is InChI=1S/C44H34N2/c1-3-11-31-25-35(21-17-29(31)9-1)45-41-15-7-5-13-37(41)39-27-33(19-23-43(39)45)34-20-24-44-40(28-34)38-14-6-8-16-42(38)46(44)36-22-18-30-10-2-4-12-32(30)26-36/h1-3,5,7,9-11,13,15,17-28H,4,6,8,12,14,16H2. The lowest BCUT2D eigenvalue weighted by molar-refractivity contribution is 0.666. The fraction of sp³-hybridized carbons (Fsp3) is 0.136. The first-order valence-electron chi connectivity index (χ1n) is 16.8. The summed E-state index contributed by atoms with van der Waals surface area (Å²) in [6, 6.07) is 45.6. The van der Waals surface area contributed by atoms with E-state index < -0.39 is 0 Å². The summed E-state index contributed by atoms with van der Waals surface area (Å²) in [6.45, 7) is 0. The first-order valence-corrected chi connectivity index (χ1v) is 16.8. The molecule has 46 heavy (non-hydrogen) atoms. The minimum absolute atomic E-state index is 1.13. The molecular weight excluding hydrogens is 556 g/mol. The molecule has 0 saturated heterocycles. The molecule has 0 atom stereocenters. The highest BCUT2D eigenvalue weighted by atomic mass is 15.0. The van der Waals surface area contributed by atoms with Crippen LogP contribution in [0.1, 0.15) is 41.6 Å². The fourth-order valence-electron chi connectivity index (χ4n) is 8.32. The summed E-state index contributed by atoms with van der Waals surface area (Å²) in [5.41, 5.74) is 14.8. The molecule has 0 fully saturated rings. The molecule has 0 radical (unpaired) electrons. The third kappa shape index (κ3) is 3.89. The molecule has 2 aromatic heterocycles. The Morgan fingerprint density at radius 2 is 1.20 bits per heavy atom. The predicted octanol–water partition coefficient (Wildman–Crippen LogP) is 11.4. The lowest BCUT2D eigenvalue weighted by Crippen LogP contribution is -2.07. The van der Waals surface area contributed by atoms with Crippen LogP contribution in [0.4, 0.5) is 0 Å². The van der Waals surface area contributed by atoms with E-state index in [-0.39, 0.29) is 0 Å². The second kappa shape index (κ2) is 10.1. The molecule has 2 aliphatic rings. The Labute approximate surface area is 268 Å². The summed E-state index contributed by atoms with van der Waals surface area (Å²) in [5, 5.41) is 6.54. The summed E-state index contributed by atoms with van der Waals surface area (Å²) < 4.78 is 5.00. The number of aryl methyl sites for hydroxylation is 2. The molecule has 2 aliphatic carbocycles. The number of hydrogen-bond acceptors (Lipinski definition) is 0. The average molecular weight is 591 g/mol. The van der Waals surface area contributed by atoms with Gasteiger partial charge >= 0.3 is 0 Å². The third-order valence-corrected chi connectivity index (χ3v) is 10.5. The van der Waals surface area contributed by atoms with Crippen molar-refractivity contribution >= 4 is 49.6 Å². The summed E-state index contributed by atoms with van der Waals surface area (Å²) in [4.78, 5) is 0. The monoisotopic (exact) mass is 590 g/mol. The van der Waals surface area contributed by atoms with Crippen LogP contribution in [0.15, 0.2) is 127 Å². The van der Waals surface area contributed by atoms with E-state index in [2.05, 4.69) is 143 Å². The third-order valence-electron chi connectivity index (χ3n) is 10.5. The summed E-state index contributed by atoms with van der Waals surface area (Å²) in [5.74, 6) is 0. The molecular formula is C44H34N2. The first kappa shape index (κ1) is 25.9. The van der Waals surface area contributed by atoms with Crippen molar-refractivity contribution < 1.29 is 0 Å². The summed E-state index contributed by atoms with van der Waals surface area (Å²) >= 11 is 0. The number of benzene rings is 6. The minimum Gasteiger partial charge on any atom is -0.313 e. The average Bonchev–Trinajstić information content (AvgIpc) is 3.63. The van der Waals surface area contributed by atoms with Gasteiger partial charge in [0.1, 0.15) is 0 Å². The van der Waals surface area contributed by atoms with Gasteiger partial charge in [0.05, 0.1) is 16.6 Å². The van der Waals surface area contributed by atoms with Gasteiger partial charge in [0.2, 0.25) is 0 Å². The van der Waals surface area contributed by atoms with Crippen molar-refractivity contribution in [2.45, 2.75) is 38.5 Å². The molecule has 8 aromatic rings. The van der Waals surface area contributed by atoms with Crippen LogP contribution in [-0.4, -0.2) is 9.13 Å². The number of allylic oxidation sites excluding steroid dienone is 1. The quantitative estimate of drug-likeness (QED) is 0.194. The Kier molecular flexibility index (Phi) is 5.69. The number of aromatic nitrogens is 2. The molecule has 6 aromatic carbocycles. The molecule has 220 valence electrons. The minimum atomic E-state index is 1.13. The first-order chi connectivity index (χ1) is 22.8. The zero-order chi connectivity index (χ0) is 30.2. The van der Waals surface area contributed by atoms with E-state index in [1.54, 1.807) is 5.56 Å². The molecule has 0 aliphatic heterocycles. The zero-order valence-electron chi connectivity index (χ0n) is 25.8. The van der Waals surface area contributed by atoms with Crippen LogP contribution in [-0.2, 0) is 19.3 Å². The maximum atomic E-state index is 2.58. The Morgan fingerprint density at radius 3 is 2.11 bits per heavy atom. The summed E-state index contributed by atoms with van der Waals surface area (Å²) in [7, 11) is 0. The van der Waals surface area contributed by atoms with Crippen molar-refractivity contribution in [1.82, 2.24) is 9.13 Å². The molecule has 0 amide bonds. The van der Waals surface area contributed by atoms with Gasteiger partial charge in [-0.2, -0.15) is 0 Å². The van der Waals surface area contributed by atoms with E-state index in [1.165, 1.54) is 95.6 Å². The van der Waals surface area contributed by atoms with Crippen molar-refractivity contribution in [3.05, 3.63) is 150 Å². The lowest BCUT2D eigenvalue weighted by atomic mass is 9.94. The van der Waals surface area contributed by atoms with Gasteiger partial charge in [0.25, 0.3) is 0 Å². The Morgan fingerprint density at radius 1 is 0.478 bits per heavy atom. The molecule has 0 saturated carbocycles. The van der Waals surface area contributed by atoms with Gasteiger partial charge < -0.3 is 9.13 Å². The number of rotatable bonds is 3.